The van der Waals surface area contributed by atoms with Gasteiger partial charge in [-0.1, -0.05) is 6.07 Å². The Morgan fingerprint density at radius 2 is 2.33 bits per heavy atom. The highest BCUT2D eigenvalue weighted by atomic mass is 16.6. The van der Waals surface area contributed by atoms with Crippen molar-refractivity contribution < 1.29 is 9.66 Å². The van der Waals surface area contributed by atoms with E-state index in [-0.39, 0.29) is 16.7 Å². The van der Waals surface area contributed by atoms with Crippen molar-refractivity contribution in [2.75, 3.05) is 37.0 Å². The van der Waals surface area contributed by atoms with Crippen LogP contribution >= 0.6 is 0 Å². The number of hydrogen-bond acceptors (Lipinski definition) is 5. The first-order valence-electron chi connectivity index (χ1n) is 5.94. The van der Waals surface area contributed by atoms with Crippen LogP contribution in [-0.4, -0.2) is 37.8 Å². The summed E-state index contributed by atoms with van der Waals surface area (Å²) in [5.74, 6) is 0. The lowest BCUT2D eigenvalue weighted by molar-refractivity contribution is -0.383. The van der Waals surface area contributed by atoms with E-state index in [4.69, 9.17) is 4.74 Å². The molecule has 0 aromatic heterocycles. The molecule has 1 atom stereocenters. The molecule has 1 heterocycles. The number of nitrogens with one attached hydrogen (secondary N) is 1. The van der Waals surface area contributed by atoms with E-state index in [2.05, 4.69) is 5.32 Å². The summed E-state index contributed by atoms with van der Waals surface area (Å²) >= 11 is 0. The molecule has 98 valence electrons. The largest absolute Gasteiger partial charge is 0.382 e. The Balaban J connectivity index is 2.45. The van der Waals surface area contributed by atoms with Crippen molar-refractivity contribution in [3.8, 4) is 0 Å². The van der Waals surface area contributed by atoms with Crippen molar-refractivity contribution in [3.05, 3.63) is 28.3 Å². The number of morpholine rings is 1. The van der Waals surface area contributed by atoms with Crippen molar-refractivity contribution in [1.29, 1.82) is 0 Å². The van der Waals surface area contributed by atoms with E-state index in [0.717, 1.165) is 0 Å². The van der Waals surface area contributed by atoms with Crippen LogP contribution in [0, 0.1) is 10.1 Å². The lowest BCUT2D eigenvalue weighted by Crippen LogP contribution is -2.44. The third-order valence-corrected chi connectivity index (χ3v) is 3.14. The third kappa shape index (κ3) is 2.24. The molecule has 18 heavy (non-hydrogen) atoms. The van der Waals surface area contributed by atoms with E-state index in [9.17, 15) is 10.1 Å². The van der Waals surface area contributed by atoms with Gasteiger partial charge in [-0.3, -0.25) is 10.1 Å². The van der Waals surface area contributed by atoms with Crippen LogP contribution in [0.1, 0.15) is 6.92 Å². The van der Waals surface area contributed by atoms with Gasteiger partial charge in [0.1, 0.15) is 11.4 Å². The molecule has 0 saturated carbocycles. The summed E-state index contributed by atoms with van der Waals surface area (Å²) in [6, 6.07) is 5.48. The zero-order chi connectivity index (χ0) is 13.1. The standard InChI is InChI=1S/C12H17N3O3/c1-9-8-18-7-6-14(9)11-5-3-4-10(13-2)12(11)15(16)17/h3-5,9,13H,6-8H2,1-2H3. The number of ether oxygens (including phenoxy) is 1. The van der Waals surface area contributed by atoms with Crippen LogP contribution in [0.4, 0.5) is 17.1 Å². The molecule has 0 amide bonds. The lowest BCUT2D eigenvalue weighted by Gasteiger charge is -2.35. The summed E-state index contributed by atoms with van der Waals surface area (Å²) in [6.45, 7) is 3.89. The molecule has 6 heteroatoms. The molecule has 0 spiro atoms. The van der Waals surface area contributed by atoms with Gasteiger partial charge in [-0.2, -0.15) is 0 Å². The zero-order valence-corrected chi connectivity index (χ0v) is 10.5. The molecule has 0 bridgehead atoms. The number of para-hydroxylation sites is 1. The van der Waals surface area contributed by atoms with E-state index in [1.165, 1.54) is 0 Å². The molecule has 1 fully saturated rings. The molecule has 0 aliphatic carbocycles. The molecule has 1 aliphatic rings. The molecular formula is C12H17N3O3. The molecule has 2 rings (SSSR count). The highest BCUT2D eigenvalue weighted by molar-refractivity contribution is 5.77. The lowest BCUT2D eigenvalue weighted by atomic mass is 10.1. The van der Waals surface area contributed by atoms with Crippen LogP contribution in [0.3, 0.4) is 0 Å². The highest BCUT2D eigenvalue weighted by Gasteiger charge is 2.27. The number of nitro benzene ring substituents is 1. The molecular weight excluding hydrogens is 234 g/mol. The average molecular weight is 251 g/mol. The van der Waals surface area contributed by atoms with Crippen LogP contribution in [-0.2, 0) is 4.74 Å². The second-order valence-corrected chi connectivity index (χ2v) is 4.30. The maximum Gasteiger partial charge on any atom is 0.315 e. The van der Waals surface area contributed by atoms with Crippen molar-refractivity contribution >= 4 is 17.1 Å². The fourth-order valence-corrected chi connectivity index (χ4v) is 2.24. The second-order valence-electron chi connectivity index (χ2n) is 4.30. The maximum absolute atomic E-state index is 11.3. The summed E-state index contributed by atoms with van der Waals surface area (Å²) < 4.78 is 5.36. The summed E-state index contributed by atoms with van der Waals surface area (Å²) in [7, 11) is 1.69. The topological polar surface area (TPSA) is 67.6 Å². The maximum atomic E-state index is 11.3. The number of hydrogen-bond donors (Lipinski definition) is 1. The molecule has 1 aliphatic heterocycles. The van der Waals surface area contributed by atoms with Gasteiger partial charge in [-0.25, -0.2) is 0 Å². The Bertz CT molecular complexity index is 450. The van der Waals surface area contributed by atoms with Crippen LogP contribution in [0.15, 0.2) is 18.2 Å². The van der Waals surface area contributed by atoms with Crippen LogP contribution in [0.25, 0.3) is 0 Å². The van der Waals surface area contributed by atoms with E-state index >= 15 is 0 Å². The second kappa shape index (κ2) is 5.22. The van der Waals surface area contributed by atoms with Gasteiger partial charge in [0.15, 0.2) is 0 Å². The average Bonchev–Trinajstić information content (AvgIpc) is 2.38. The van der Waals surface area contributed by atoms with Crippen LogP contribution < -0.4 is 10.2 Å². The summed E-state index contributed by atoms with van der Waals surface area (Å²) in [6.07, 6.45) is 0. The van der Waals surface area contributed by atoms with E-state index in [0.29, 0.717) is 31.1 Å². The van der Waals surface area contributed by atoms with E-state index < -0.39 is 0 Å². The molecule has 0 radical (unpaired) electrons. The quantitative estimate of drug-likeness (QED) is 0.656. The van der Waals surface area contributed by atoms with Gasteiger partial charge < -0.3 is 15.0 Å². The van der Waals surface area contributed by atoms with Crippen LogP contribution in [0.5, 0.6) is 0 Å². The van der Waals surface area contributed by atoms with Gasteiger partial charge in [-0.15, -0.1) is 0 Å². The minimum absolute atomic E-state index is 0.133. The first-order chi connectivity index (χ1) is 8.65. The SMILES string of the molecule is CNc1cccc(N2CCOCC2C)c1[N+](=O)[O-]. The van der Waals surface area contributed by atoms with E-state index in [1.807, 2.05) is 17.9 Å². The predicted octanol–water partition coefficient (Wildman–Crippen LogP) is 1.86. The Kier molecular flexibility index (Phi) is 3.66. The summed E-state index contributed by atoms with van der Waals surface area (Å²) in [5.41, 5.74) is 1.33. The number of anilines is 2. The molecule has 1 saturated heterocycles. The summed E-state index contributed by atoms with van der Waals surface area (Å²) in [5, 5.41) is 14.1. The fourth-order valence-electron chi connectivity index (χ4n) is 2.24. The van der Waals surface area contributed by atoms with Crippen molar-refractivity contribution in [2.45, 2.75) is 13.0 Å². The molecule has 6 nitrogen and oxygen atoms in total. The number of benzene rings is 1. The number of nitro groups is 1. The molecule has 1 aromatic rings. The summed E-state index contributed by atoms with van der Waals surface area (Å²) in [4.78, 5) is 13.0. The molecule has 1 N–H and O–H groups in total. The minimum atomic E-state index is -0.330. The smallest absolute Gasteiger partial charge is 0.315 e. The van der Waals surface area contributed by atoms with Gasteiger partial charge in [0, 0.05) is 19.6 Å². The third-order valence-electron chi connectivity index (χ3n) is 3.14. The van der Waals surface area contributed by atoms with Gasteiger partial charge in [-0.05, 0) is 19.1 Å². The normalized spacial score (nSPS) is 19.7. The monoisotopic (exact) mass is 251 g/mol. The van der Waals surface area contributed by atoms with Gasteiger partial charge >= 0.3 is 5.69 Å². The Morgan fingerprint density at radius 3 is 2.94 bits per heavy atom. The zero-order valence-electron chi connectivity index (χ0n) is 10.5. The van der Waals surface area contributed by atoms with Crippen molar-refractivity contribution in [3.63, 3.8) is 0 Å². The van der Waals surface area contributed by atoms with E-state index in [1.54, 1.807) is 19.2 Å². The minimum Gasteiger partial charge on any atom is -0.382 e. The Labute approximate surface area is 106 Å². The van der Waals surface area contributed by atoms with Crippen molar-refractivity contribution in [2.24, 2.45) is 0 Å². The molecule has 1 unspecified atom stereocenters. The van der Waals surface area contributed by atoms with Crippen molar-refractivity contribution in [1.82, 2.24) is 0 Å². The predicted molar refractivity (Wildman–Crippen MR) is 70.3 cm³/mol. The first-order valence-corrected chi connectivity index (χ1v) is 5.94. The first kappa shape index (κ1) is 12.6. The highest BCUT2D eigenvalue weighted by Crippen LogP contribution is 2.36. The molecule has 1 aromatic carbocycles. The Morgan fingerprint density at radius 1 is 1.56 bits per heavy atom. The van der Waals surface area contributed by atoms with Gasteiger partial charge in [0.2, 0.25) is 0 Å². The van der Waals surface area contributed by atoms with Gasteiger partial charge in [0.05, 0.1) is 18.1 Å². The fraction of sp³-hybridized carbons (Fsp3) is 0.500. The van der Waals surface area contributed by atoms with Crippen LogP contribution in [0.2, 0.25) is 0 Å². The Hall–Kier alpha value is -1.82. The number of nitrogens with zero attached hydrogens (tertiary/aromatic N) is 2. The number of rotatable bonds is 3. The van der Waals surface area contributed by atoms with Gasteiger partial charge in [0.25, 0.3) is 0 Å².